The maximum absolute atomic E-state index is 12.0. The van der Waals surface area contributed by atoms with E-state index in [0.717, 1.165) is 27.9 Å². The summed E-state index contributed by atoms with van der Waals surface area (Å²) in [7, 11) is -4.49. The van der Waals surface area contributed by atoms with Gasteiger partial charge in [0.25, 0.3) is 10.1 Å². The van der Waals surface area contributed by atoms with Gasteiger partial charge in [-0.3, -0.25) is 9.54 Å². The summed E-state index contributed by atoms with van der Waals surface area (Å²) in [5.74, 6) is 0. The molecule has 5 aromatic rings. The number of nitrogen functional groups attached to an aromatic ring is 1. The number of rotatable bonds is 5. The van der Waals surface area contributed by atoms with E-state index in [-0.39, 0.29) is 45.8 Å². The van der Waals surface area contributed by atoms with Crippen LogP contribution in [0.25, 0.3) is 33.2 Å². The molecule has 0 spiro atoms. The van der Waals surface area contributed by atoms with Gasteiger partial charge in [-0.15, -0.1) is 10.2 Å². The summed E-state index contributed by atoms with van der Waals surface area (Å²) in [5.41, 5.74) is 12.0. The number of benzene rings is 4. The number of nitrogens with two attached hydrogens (primary N) is 1. The fourth-order valence-electron chi connectivity index (χ4n) is 4.21. The normalized spacial score (nSPS) is 11.5. The molecule has 7 nitrogen and oxygen atoms in total. The Morgan fingerprint density at radius 3 is 2.11 bits per heavy atom. The number of nitrogens with zero attached hydrogens (tertiary/aromatic N) is 3. The molecule has 0 bridgehead atoms. The topological polar surface area (TPSA) is 118 Å². The quantitative estimate of drug-likeness (QED) is 0.120. The molecule has 0 atom stereocenters. The molecule has 0 aliphatic rings. The zero-order valence-corrected chi connectivity index (χ0v) is 20.1. The molecule has 5 rings (SSSR count). The number of azo groups is 1. The molecule has 0 saturated carbocycles. The van der Waals surface area contributed by atoms with E-state index < -0.39 is 10.1 Å². The van der Waals surface area contributed by atoms with Gasteiger partial charge in [0.1, 0.15) is 16.3 Å². The molecule has 1 heterocycles. The van der Waals surface area contributed by atoms with Gasteiger partial charge in [0.05, 0.1) is 17.6 Å². The van der Waals surface area contributed by atoms with E-state index in [1.54, 1.807) is 30.5 Å². The molecule has 1 aromatic heterocycles. The second-order valence-corrected chi connectivity index (χ2v) is 9.69. The number of hydrogen-bond acceptors (Lipinski definition) is 6. The van der Waals surface area contributed by atoms with Crippen LogP contribution in [0.5, 0.6) is 0 Å². The van der Waals surface area contributed by atoms with E-state index in [1.165, 1.54) is 6.07 Å². The predicted molar refractivity (Wildman–Crippen MR) is 149 cm³/mol. The van der Waals surface area contributed by atoms with E-state index in [1.807, 2.05) is 49.4 Å². The number of fused-ring (bicyclic) bond motifs is 1. The average Bonchev–Trinajstić information content (AvgIpc) is 2.88. The summed E-state index contributed by atoms with van der Waals surface area (Å²) in [6, 6.07) is 27.9. The zero-order chi connectivity index (χ0) is 25.3. The van der Waals surface area contributed by atoms with Crippen LogP contribution in [0.4, 0.5) is 17.1 Å². The molecule has 0 aliphatic heterocycles. The van der Waals surface area contributed by atoms with Crippen molar-refractivity contribution in [2.75, 3.05) is 5.73 Å². The van der Waals surface area contributed by atoms with E-state index >= 15 is 0 Å². The van der Waals surface area contributed by atoms with E-state index in [2.05, 4.69) is 33.4 Å². The van der Waals surface area contributed by atoms with E-state index in [9.17, 15) is 13.0 Å². The van der Waals surface area contributed by atoms with Gasteiger partial charge in [0.15, 0.2) is 0 Å². The van der Waals surface area contributed by atoms with Gasteiger partial charge < -0.3 is 5.73 Å². The molecular weight excluding hydrogens is 495 g/mol. The number of anilines is 1. The number of aromatic nitrogens is 1. The Hall–Kier alpha value is -3.40. The van der Waals surface area contributed by atoms with Crippen molar-refractivity contribution in [1.29, 1.82) is 0 Å². The van der Waals surface area contributed by atoms with Gasteiger partial charge >= 0.3 is 29.6 Å². The Morgan fingerprint density at radius 2 is 1.43 bits per heavy atom. The fraction of sp³-hybridized carbons (Fsp3) is 0.0357. The summed E-state index contributed by atoms with van der Waals surface area (Å²) in [6.45, 7) is 1.95. The van der Waals surface area contributed by atoms with Gasteiger partial charge in [-0.25, -0.2) is 0 Å². The average molecular weight is 519 g/mol. The summed E-state index contributed by atoms with van der Waals surface area (Å²) in [4.78, 5) is 4.38. The van der Waals surface area contributed by atoms with Crippen LogP contribution in [0.1, 0.15) is 5.56 Å². The maximum atomic E-state index is 12.0. The third kappa shape index (κ3) is 5.49. The van der Waals surface area contributed by atoms with Crippen molar-refractivity contribution >= 4 is 67.5 Å². The van der Waals surface area contributed by atoms with Crippen LogP contribution in [-0.4, -0.2) is 47.5 Å². The van der Waals surface area contributed by atoms with Gasteiger partial charge in [-0.1, -0.05) is 78.9 Å². The van der Waals surface area contributed by atoms with Crippen molar-refractivity contribution in [3.63, 3.8) is 0 Å². The van der Waals surface area contributed by atoms with Crippen LogP contribution >= 0.6 is 0 Å². The fourth-order valence-corrected chi connectivity index (χ4v) is 4.93. The van der Waals surface area contributed by atoms with Gasteiger partial charge in [0, 0.05) is 16.3 Å². The van der Waals surface area contributed by atoms with Crippen LogP contribution in [0.3, 0.4) is 0 Å². The van der Waals surface area contributed by atoms with Crippen molar-refractivity contribution in [3.8, 4) is 22.4 Å². The molecule has 0 aliphatic carbocycles. The molecule has 37 heavy (non-hydrogen) atoms. The van der Waals surface area contributed by atoms with Gasteiger partial charge in [0.2, 0.25) is 0 Å². The zero-order valence-electron chi connectivity index (χ0n) is 19.3. The number of hydrogen-bond donors (Lipinski definition) is 2. The van der Waals surface area contributed by atoms with Crippen LogP contribution in [-0.2, 0) is 10.1 Å². The standard InChI is InChI=1S/C28H22N4O3S.Na.H/c1-18-15-20(17-30-28(18)24-14-8-5-11-21(24)19-9-3-2-4-10-19)31-32-25-16-26(36(33,34)35)22-12-6-7-13-23(22)27(25)29;;/h2-17H,29H2,1H3,(H,33,34,35);;/b32-31+;;. The Bertz CT molecular complexity index is 1740. The molecule has 0 fully saturated rings. The minimum atomic E-state index is -4.49. The molecule has 3 N–H and O–H groups in total. The van der Waals surface area contributed by atoms with Crippen molar-refractivity contribution in [2.24, 2.45) is 10.2 Å². The first-order valence-electron chi connectivity index (χ1n) is 11.1. The SMILES string of the molecule is Cc1cc(/N=N/c2cc(S(=O)(=O)O)c3ccccc3c2N)cnc1-c1ccccc1-c1ccccc1.[NaH]. The number of pyridine rings is 1. The molecule has 0 saturated heterocycles. The van der Waals surface area contributed by atoms with E-state index in [0.29, 0.717) is 16.5 Å². The summed E-state index contributed by atoms with van der Waals surface area (Å²) in [5, 5.41) is 9.22. The third-order valence-electron chi connectivity index (χ3n) is 5.91. The molecule has 0 unspecified atom stereocenters. The first-order valence-corrected chi connectivity index (χ1v) is 12.6. The Kier molecular flexibility index (Phi) is 7.87. The first kappa shape index (κ1) is 26.7. The monoisotopic (exact) mass is 518 g/mol. The minimum absolute atomic E-state index is 0. The van der Waals surface area contributed by atoms with Crippen LogP contribution in [0, 0.1) is 6.92 Å². The first-order chi connectivity index (χ1) is 17.3. The van der Waals surface area contributed by atoms with Crippen molar-refractivity contribution in [2.45, 2.75) is 11.8 Å². The molecule has 9 heteroatoms. The van der Waals surface area contributed by atoms with Crippen LogP contribution in [0.15, 0.2) is 112 Å². The van der Waals surface area contributed by atoms with Crippen molar-refractivity contribution < 1.29 is 13.0 Å². The molecule has 0 radical (unpaired) electrons. The molecular formula is C28H23N4NaO3S. The van der Waals surface area contributed by atoms with Gasteiger partial charge in [-0.05, 0) is 35.7 Å². The second-order valence-electron chi connectivity index (χ2n) is 8.30. The summed E-state index contributed by atoms with van der Waals surface area (Å²) >= 11 is 0. The van der Waals surface area contributed by atoms with Gasteiger partial charge in [-0.2, -0.15) is 8.42 Å². The van der Waals surface area contributed by atoms with Crippen molar-refractivity contribution in [3.05, 3.63) is 103 Å². The van der Waals surface area contributed by atoms with Crippen LogP contribution < -0.4 is 5.73 Å². The second kappa shape index (κ2) is 10.9. The molecule has 0 amide bonds. The van der Waals surface area contributed by atoms with Crippen LogP contribution in [0.2, 0.25) is 0 Å². The number of aryl methyl sites for hydroxylation is 1. The predicted octanol–water partition coefficient (Wildman–Crippen LogP) is 6.47. The Balaban J connectivity index is 0.00000320. The Morgan fingerprint density at radius 1 is 0.811 bits per heavy atom. The molecule has 4 aromatic carbocycles. The summed E-state index contributed by atoms with van der Waals surface area (Å²) in [6.07, 6.45) is 1.61. The summed E-state index contributed by atoms with van der Waals surface area (Å²) < 4.78 is 33.6. The van der Waals surface area contributed by atoms with Crippen molar-refractivity contribution in [1.82, 2.24) is 4.98 Å². The van der Waals surface area contributed by atoms with E-state index in [4.69, 9.17) is 5.73 Å². The molecule has 180 valence electrons. The Labute approximate surface area is 237 Å². The third-order valence-corrected chi connectivity index (χ3v) is 6.80.